The van der Waals surface area contributed by atoms with Gasteiger partial charge in [0.25, 0.3) is 5.69 Å². The molecule has 5 nitrogen and oxygen atoms in total. The molecule has 1 saturated heterocycles. The van der Waals surface area contributed by atoms with Crippen LogP contribution in [0.3, 0.4) is 0 Å². The topological polar surface area (TPSA) is 58.4 Å². The Morgan fingerprint density at radius 3 is 2.80 bits per heavy atom. The Morgan fingerprint density at radius 1 is 1.45 bits per heavy atom. The SMILES string of the molecule is CN1CCC(CNCc2cccc([N+](=O)[O-])c2Br)CC1. The Kier molecular flexibility index (Phi) is 5.51. The summed E-state index contributed by atoms with van der Waals surface area (Å²) in [5, 5.41) is 14.3. The lowest BCUT2D eigenvalue weighted by molar-refractivity contribution is -0.385. The van der Waals surface area contributed by atoms with E-state index in [0.29, 0.717) is 16.9 Å². The number of rotatable bonds is 5. The Balaban J connectivity index is 1.85. The van der Waals surface area contributed by atoms with E-state index >= 15 is 0 Å². The molecule has 1 heterocycles. The maximum absolute atomic E-state index is 10.9. The number of piperidine rings is 1. The van der Waals surface area contributed by atoms with Crippen molar-refractivity contribution in [3.05, 3.63) is 38.3 Å². The van der Waals surface area contributed by atoms with Crippen molar-refractivity contribution in [2.75, 3.05) is 26.7 Å². The van der Waals surface area contributed by atoms with Crippen LogP contribution in [-0.4, -0.2) is 36.5 Å². The summed E-state index contributed by atoms with van der Waals surface area (Å²) in [5.41, 5.74) is 1.07. The molecule has 0 bridgehead atoms. The normalized spacial score (nSPS) is 17.3. The number of halogens is 1. The van der Waals surface area contributed by atoms with Crippen molar-refractivity contribution in [2.45, 2.75) is 19.4 Å². The lowest BCUT2D eigenvalue weighted by Crippen LogP contribution is -2.34. The number of nitrogens with zero attached hydrogens (tertiary/aromatic N) is 2. The Bertz CT molecular complexity index is 473. The first kappa shape index (κ1) is 15.4. The monoisotopic (exact) mass is 341 g/mol. The molecule has 1 fully saturated rings. The number of nitro groups is 1. The summed E-state index contributed by atoms with van der Waals surface area (Å²) in [5.74, 6) is 0.712. The van der Waals surface area contributed by atoms with Gasteiger partial charge in [-0.1, -0.05) is 12.1 Å². The fraction of sp³-hybridized carbons (Fsp3) is 0.571. The van der Waals surface area contributed by atoms with E-state index < -0.39 is 0 Å². The third-order valence-corrected chi connectivity index (χ3v) is 4.76. The fourth-order valence-electron chi connectivity index (χ4n) is 2.52. The van der Waals surface area contributed by atoms with Gasteiger partial charge in [0.15, 0.2) is 0 Å². The molecule has 0 unspecified atom stereocenters. The van der Waals surface area contributed by atoms with Crippen LogP contribution in [0.5, 0.6) is 0 Å². The van der Waals surface area contributed by atoms with E-state index in [2.05, 4.69) is 33.2 Å². The maximum Gasteiger partial charge on any atom is 0.283 e. The minimum atomic E-state index is -0.357. The average molecular weight is 342 g/mol. The molecule has 20 heavy (non-hydrogen) atoms. The molecule has 1 aliphatic heterocycles. The Hall–Kier alpha value is -0.980. The van der Waals surface area contributed by atoms with Crippen LogP contribution in [0, 0.1) is 16.0 Å². The molecule has 0 amide bonds. The molecular weight excluding hydrogens is 322 g/mol. The Morgan fingerprint density at radius 2 is 2.15 bits per heavy atom. The van der Waals surface area contributed by atoms with Gasteiger partial charge in [0.05, 0.1) is 9.40 Å². The molecule has 1 aliphatic rings. The predicted octanol–water partition coefficient (Wildman–Crippen LogP) is 2.79. The van der Waals surface area contributed by atoms with Crippen LogP contribution in [0.2, 0.25) is 0 Å². The summed E-state index contributed by atoms with van der Waals surface area (Å²) < 4.78 is 0.584. The second-order valence-electron chi connectivity index (χ2n) is 5.38. The van der Waals surface area contributed by atoms with Crippen LogP contribution >= 0.6 is 15.9 Å². The number of benzene rings is 1. The van der Waals surface area contributed by atoms with E-state index in [1.165, 1.54) is 18.9 Å². The molecule has 2 rings (SSSR count). The van der Waals surface area contributed by atoms with Crippen LogP contribution < -0.4 is 5.32 Å². The van der Waals surface area contributed by atoms with Gasteiger partial charge in [0.1, 0.15) is 0 Å². The van der Waals surface area contributed by atoms with Crippen LogP contribution in [0.25, 0.3) is 0 Å². The summed E-state index contributed by atoms with van der Waals surface area (Å²) in [7, 11) is 2.16. The molecule has 6 heteroatoms. The van der Waals surface area contributed by atoms with Gasteiger partial charge in [-0.25, -0.2) is 0 Å². The molecule has 0 atom stereocenters. The second-order valence-corrected chi connectivity index (χ2v) is 6.18. The summed E-state index contributed by atoms with van der Waals surface area (Å²) >= 11 is 3.33. The molecule has 0 saturated carbocycles. The highest BCUT2D eigenvalue weighted by molar-refractivity contribution is 9.10. The molecule has 1 aromatic rings. The first-order valence-electron chi connectivity index (χ1n) is 6.89. The van der Waals surface area contributed by atoms with Crippen LogP contribution in [-0.2, 0) is 6.54 Å². The highest BCUT2D eigenvalue weighted by Gasteiger charge is 2.17. The molecule has 1 N–H and O–H groups in total. The molecule has 0 radical (unpaired) electrons. The number of nitrogens with one attached hydrogen (secondary N) is 1. The van der Waals surface area contributed by atoms with Crippen molar-refractivity contribution >= 4 is 21.6 Å². The lowest BCUT2D eigenvalue weighted by Gasteiger charge is -2.29. The summed E-state index contributed by atoms with van der Waals surface area (Å²) in [6, 6.07) is 5.17. The summed E-state index contributed by atoms with van der Waals surface area (Å²) in [4.78, 5) is 12.9. The molecule has 0 aromatic heterocycles. The first-order chi connectivity index (χ1) is 9.58. The molecule has 1 aromatic carbocycles. The van der Waals surface area contributed by atoms with Crippen LogP contribution in [0.15, 0.2) is 22.7 Å². The smallest absolute Gasteiger partial charge is 0.283 e. The van der Waals surface area contributed by atoms with E-state index in [1.807, 2.05) is 6.07 Å². The third-order valence-electron chi connectivity index (χ3n) is 3.84. The largest absolute Gasteiger partial charge is 0.312 e. The van der Waals surface area contributed by atoms with E-state index in [9.17, 15) is 10.1 Å². The van der Waals surface area contributed by atoms with Crippen LogP contribution in [0.1, 0.15) is 18.4 Å². The number of hydrogen-bond acceptors (Lipinski definition) is 4. The van der Waals surface area contributed by atoms with Crippen molar-refractivity contribution < 1.29 is 4.92 Å². The van der Waals surface area contributed by atoms with Crippen molar-refractivity contribution in [2.24, 2.45) is 5.92 Å². The van der Waals surface area contributed by atoms with Gasteiger partial charge >= 0.3 is 0 Å². The minimum absolute atomic E-state index is 0.128. The van der Waals surface area contributed by atoms with Crippen molar-refractivity contribution in [1.29, 1.82) is 0 Å². The average Bonchev–Trinajstić information content (AvgIpc) is 2.42. The van der Waals surface area contributed by atoms with Gasteiger partial charge in [-0.2, -0.15) is 0 Å². The second kappa shape index (κ2) is 7.15. The minimum Gasteiger partial charge on any atom is -0.312 e. The number of hydrogen-bond donors (Lipinski definition) is 1. The van der Waals surface area contributed by atoms with Gasteiger partial charge < -0.3 is 10.2 Å². The lowest BCUT2D eigenvalue weighted by atomic mass is 9.97. The van der Waals surface area contributed by atoms with Crippen molar-refractivity contribution in [3.63, 3.8) is 0 Å². The maximum atomic E-state index is 10.9. The van der Waals surface area contributed by atoms with E-state index in [0.717, 1.165) is 25.2 Å². The zero-order chi connectivity index (χ0) is 14.5. The van der Waals surface area contributed by atoms with Gasteiger partial charge in [-0.3, -0.25) is 10.1 Å². The fourth-order valence-corrected chi connectivity index (χ4v) is 3.07. The highest BCUT2D eigenvalue weighted by Crippen LogP contribution is 2.28. The quantitative estimate of drug-likeness (QED) is 0.660. The zero-order valence-corrected chi connectivity index (χ0v) is 13.2. The first-order valence-corrected chi connectivity index (χ1v) is 7.68. The van der Waals surface area contributed by atoms with Crippen molar-refractivity contribution in [3.8, 4) is 0 Å². The third kappa shape index (κ3) is 4.01. The van der Waals surface area contributed by atoms with E-state index in [4.69, 9.17) is 0 Å². The van der Waals surface area contributed by atoms with Gasteiger partial charge in [-0.15, -0.1) is 0 Å². The predicted molar refractivity (Wildman–Crippen MR) is 82.7 cm³/mol. The van der Waals surface area contributed by atoms with Crippen LogP contribution in [0.4, 0.5) is 5.69 Å². The highest BCUT2D eigenvalue weighted by atomic mass is 79.9. The standard InChI is InChI=1S/C14H20BrN3O2/c1-17-7-5-11(6-8-17)9-16-10-12-3-2-4-13(14(12)15)18(19)20/h2-4,11,16H,5-10H2,1H3. The number of likely N-dealkylation sites (tertiary alicyclic amines) is 1. The molecule has 110 valence electrons. The molecule has 0 spiro atoms. The van der Waals surface area contributed by atoms with Gasteiger partial charge in [0, 0.05) is 12.6 Å². The number of nitro benzene ring substituents is 1. The summed E-state index contributed by atoms with van der Waals surface area (Å²) in [6.45, 7) is 3.96. The van der Waals surface area contributed by atoms with Gasteiger partial charge in [-0.05, 0) is 66.9 Å². The van der Waals surface area contributed by atoms with Crippen molar-refractivity contribution in [1.82, 2.24) is 10.2 Å². The zero-order valence-electron chi connectivity index (χ0n) is 11.6. The van der Waals surface area contributed by atoms with E-state index in [1.54, 1.807) is 6.07 Å². The molecular formula is C14H20BrN3O2. The summed E-state index contributed by atoms with van der Waals surface area (Å²) in [6.07, 6.45) is 2.44. The van der Waals surface area contributed by atoms with Gasteiger partial charge in [0.2, 0.25) is 0 Å². The Labute approximate surface area is 127 Å². The molecule has 0 aliphatic carbocycles. The van der Waals surface area contributed by atoms with E-state index in [-0.39, 0.29) is 10.6 Å².